The highest BCUT2D eigenvalue weighted by Gasteiger charge is 2.62. The number of aliphatic hydroxyl groups excluding tert-OH is 2. The molecule has 6 heteroatoms. The number of nitrogens with one attached hydrogen (secondary N) is 1. The van der Waals surface area contributed by atoms with E-state index in [1.807, 2.05) is 0 Å². The highest BCUT2D eigenvalue weighted by atomic mass is 32.2. The maximum absolute atomic E-state index is 12.3. The Morgan fingerprint density at radius 3 is 2.48 bits per heavy atom. The average molecular weight is 482 g/mol. The molecule has 11 atom stereocenters. The van der Waals surface area contributed by atoms with Gasteiger partial charge in [-0.25, -0.2) is 0 Å². The summed E-state index contributed by atoms with van der Waals surface area (Å²) in [5.41, 5.74) is 0.531. The van der Waals surface area contributed by atoms with Crippen molar-refractivity contribution in [3.05, 3.63) is 0 Å². The molecule has 0 spiro atoms. The van der Waals surface area contributed by atoms with Crippen LogP contribution in [-0.4, -0.2) is 51.1 Å². The molecule has 0 saturated heterocycles. The average Bonchev–Trinajstić information content (AvgIpc) is 3.10. The smallest absolute Gasteiger partial charge is 0.220 e. The largest absolute Gasteiger partial charge is 0.393 e. The second-order valence-corrected chi connectivity index (χ2v) is 14.2. The minimum Gasteiger partial charge on any atom is -0.393 e. The van der Waals surface area contributed by atoms with Gasteiger partial charge in [-0.05, 0) is 104 Å². The van der Waals surface area contributed by atoms with Crippen molar-refractivity contribution < 1.29 is 19.2 Å². The molecule has 0 aromatic heterocycles. The first-order valence-corrected chi connectivity index (χ1v) is 15.2. The van der Waals surface area contributed by atoms with Crippen molar-refractivity contribution in [2.75, 3.05) is 18.6 Å². The van der Waals surface area contributed by atoms with Crippen LogP contribution in [0.15, 0.2) is 0 Å². The summed E-state index contributed by atoms with van der Waals surface area (Å²) in [7, 11) is -0.869. The number of carbonyl (C=O) groups excluding carboxylic acids is 1. The lowest BCUT2D eigenvalue weighted by atomic mass is 9.43. The normalized spacial score (nSPS) is 46.5. The van der Waals surface area contributed by atoms with Gasteiger partial charge in [0.25, 0.3) is 0 Å². The fraction of sp³-hybridized carbons (Fsp3) is 0.963. The van der Waals surface area contributed by atoms with Crippen LogP contribution < -0.4 is 5.32 Å². The minimum atomic E-state index is -0.869. The minimum absolute atomic E-state index is 0.0804. The van der Waals surface area contributed by atoms with E-state index in [2.05, 4.69) is 26.1 Å². The molecule has 0 aliphatic heterocycles. The lowest BCUT2D eigenvalue weighted by molar-refractivity contribution is -0.174. The monoisotopic (exact) mass is 481 g/mol. The van der Waals surface area contributed by atoms with Crippen LogP contribution >= 0.6 is 0 Å². The summed E-state index contributed by atoms with van der Waals surface area (Å²) >= 11 is 0. The molecule has 4 aliphatic rings. The lowest BCUT2D eigenvalue weighted by Crippen LogP contribution is -2.58. The molecule has 3 N–H and O–H groups in total. The summed E-state index contributed by atoms with van der Waals surface area (Å²) in [5.74, 6) is 3.74. The Balaban J connectivity index is 1.40. The summed E-state index contributed by atoms with van der Waals surface area (Å²) < 4.78 is 11.2. The Morgan fingerprint density at radius 2 is 1.76 bits per heavy atom. The van der Waals surface area contributed by atoms with Gasteiger partial charge in [0.05, 0.1) is 12.2 Å². The molecule has 1 amide bonds. The van der Waals surface area contributed by atoms with E-state index in [-0.39, 0.29) is 28.9 Å². The van der Waals surface area contributed by atoms with Gasteiger partial charge in [-0.15, -0.1) is 0 Å². The van der Waals surface area contributed by atoms with Gasteiger partial charge in [-0.2, -0.15) is 0 Å². The fourth-order valence-electron chi connectivity index (χ4n) is 9.16. The predicted molar refractivity (Wildman–Crippen MR) is 133 cm³/mol. The molecular formula is C27H47NO4S. The molecule has 0 heterocycles. The fourth-order valence-corrected chi connectivity index (χ4v) is 9.55. The Kier molecular flexibility index (Phi) is 7.68. The second-order valence-electron chi connectivity index (χ2n) is 12.6. The molecule has 4 aliphatic carbocycles. The maximum atomic E-state index is 12.3. The van der Waals surface area contributed by atoms with Gasteiger partial charge in [0, 0.05) is 35.8 Å². The topological polar surface area (TPSA) is 86.6 Å². The van der Waals surface area contributed by atoms with Gasteiger partial charge in [-0.1, -0.05) is 20.8 Å². The molecule has 1 unspecified atom stereocenters. The van der Waals surface area contributed by atoms with Crippen LogP contribution in [0, 0.1) is 46.3 Å². The molecule has 190 valence electrons. The zero-order valence-corrected chi connectivity index (χ0v) is 22.0. The first-order valence-electron chi connectivity index (χ1n) is 13.5. The number of hydrogen-bond donors (Lipinski definition) is 3. The van der Waals surface area contributed by atoms with Crippen molar-refractivity contribution >= 4 is 16.7 Å². The summed E-state index contributed by atoms with van der Waals surface area (Å²) in [4.78, 5) is 12.3. The number of carbonyl (C=O) groups is 1. The molecule has 4 rings (SSSR count). The van der Waals surface area contributed by atoms with E-state index in [4.69, 9.17) is 0 Å². The van der Waals surface area contributed by atoms with Gasteiger partial charge < -0.3 is 15.5 Å². The highest BCUT2D eigenvalue weighted by Crippen LogP contribution is 2.68. The highest BCUT2D eigenvalue weighted by molar-refractivity contribution is 7.84. The molecule has 33 heavy (non-hydrogen) atoms. The zero-order chi connectivity index (χ0) is 24.0. The van der Waals surface area contributed by atoms with Crippen molar-refractivity contribution in [2.45, 2.75) is 97.2 Å². The molecule has 0 aromatic rings. The molecule has 4 fully saturated rings. The van der Waals surface area contributed by atoms with E-state index < -0.39 is 10.8 Å². The Morgan fingerprint density at radius 1 is 1.06 bits per heavy atom. The van der Waals surface area contributed by atoms with Gasteiger partial charge in [-0.3, -0.25) is 9.00 Å². The summed E-state index contributed by atoms with van der Waals surface area (Å²) in [6.07, 6.45) is 11.3. The molecular weight excluding hydrogens is 434 g/mol. The van der Waals surface area contributed by atoms with Crippen LogP contribution in [0.4, 0.5) is 0 Å². The van der Waals surface area contributed by atoms with E-state index in [0.717, 1.165) is 32.1 Å². The molecule has 0 bridgehead atoms. The summed E-state index contributed by atoms with van der Waals surface area (Å²) in [6, 6.07) is 0. The zero-order valence-electron chi connectivity index (χ0n) is 21.2. The van der Waals surface area contributed by atoms with E-state index in [1.54, 1.807) is 6.26 Å². The van der Waals surface area contributed by atoms with E-state index >= 15 is 0 Å². The molecule has 0 aromatic carbocycles. The Labute approximate surface area is 203 Å². The van der Waals surface area contributed by atoms with Crippen molar-refractivity contribution in [3.63, 3.8) is 0 Å². The molecule has 4 saturated carbocycles. The first kappa shape index (κ1) is 25.6. The van der Waals surface area contributed by atoms with Crippen LogP contribution in [0.25, 0.3) is 0 Å². The van der Waals surface area contributed by atoms with Crippen molar-refractivity contribution in [3.8, 4) is 0 Å². The third-order valence-corrected chi connectivity index (χ3v) is 11.7. The van der Waals surface area contributed by atoms with Gasteiger partial charge >= 0.3 is 0 Å². The van der Waals surface area contributed by atoms with Crippen LogP contribution in [0.2, 0.25) is 0 Å². The third kappa shape index (κ3) is 4.82. The van der Waals surface area contributed by atoms with Gasteiger partial charge in [0.1, 0.15) is 0 Å². The van der Waals surface area contributed by atoms with E-state index in [1.165, 1.54) is 25.7 Å². The number of rotatable bonds is 7. The SMILES string of the molecule is C[C@H](CCC(=O)NCCS(C)=O)[C@H]1CC[C@H]2[C@@H]3[C@@H](O)C[C@@H]4C[C@H](O)CC[C@]4(C)[C@H]3CC[C@]12C. The van der Waals surface area contributed by atoms with E-state index in [0.29, 0.717) is 54.2 Å². The Bertz CT molecular complexity index is 746. The quantitative estimate of drug-likeness (QED) is 0.515. The number of fused-ring (bicyclic) bond motifs is 5. The lowest BCUT2D eigenvalue weighted by Gasteiger charge is -2.62. The molecule has 5 nitrogen and oxygen atoms in total. The van der Waals surface area contributed by atoms with Crippen LogP contribution in [0.1, 0.15) is 85.0 Å². The second kappa shape index (κ2) is 9.89. The van der Waals surface area contributed by atoms with Crippen molar-refractivity contribution in [1.82, 2.24) is 5.32 Å². The van der Waals surface area contributed by atoms with Crippen LogP contribution in [0.3, 0.4) is 0 Å². The van der Waals surface area contributed by atoms with Crippen molar-refractivity contribution in [1.29, 1.82) is 0 Å². The standard InChI is InChI=1S/C27H47NO4S/c1-17(5-8-24(31)28-13-14-33(4)32)20-6-7-21-25-22(10-12-27(20,21)3)26(2)11-9-19(29)15-18(26)16-23(25)30/h17-23,25,29-30H,5-16H2,1-4H3,(H,28,31)/t17-,18+,19-,20-,21+,22+,23+,25+,26+,27-,33?/m1/s1. The van der Waals surface area contributed by atoms with Gasteiger partial charge in [0.2, 0.25) is 5.91 Å². The van der Waals surface area contributed by atoms with E-state index in [9.17, 15) is 19.2 Å². The molecule has 0 radical (unpaired) electrons. The van der Waals surface area contributed by atoms with Crippen LogP contribution in [0.5, 0.6) is 0 Å². The number of hydrogen-bond acceptors (Lipinski definition) is 4. The Hall–Kier alpha value is -0.460. The predicted octanol–water partition coefficient (Wildman–Crippen LogP) is 3.89. The number of aliphatic hydroxyl groups is 2. The van der Waals surface area contributed by atoms with Gasteiger partial charge in [0.15, 0.2) is 0 Å². The number of amides is 1. The van der Waals surface area contributed by atoms with Crippen molar-refractivity contribution in [2.24, 2.45) is 46.3 Å². The summed E-state index contributed by atoms with van der Waals surface area (Å²) in [6.45, 7) is 7.79. The first-order chi connectivity index (χ1) is 15.6. The third-order valence-electron chi connectivity index (χ3n) is 11.0. The maximum Gasteiger partial charge on any atom is 0.220 e. The summed E-state index contributed by atoms with van der Waals surface area (Å²) in [5, 5.41) is 24.6. The van der Waals surface area contributed by atoms with Crippen LogP contribution in [-0.2, 0) is 15.6 Å².